The highest BCUT2D eigenvalue weighted by Gasteiger charge is 2.25. The predicted octanol–water partition coefficient (Wildman–Crippen LogP) is 0.604. The Bertz CT molecular complexity index is 815. The molecule has 0 saturated carbocycles. The van der Waals surface area contributed by atoms with Crippen molar-refractivity contribution >= 4 is 11.7 Å². The van der Waals surface area contributed by atoms with E-state index in [-0.39, 0.29) is 17.0 Å². The molecule has 2 aromatic rings. The summed E-state index contributed by atoms with van der Waals surface area (Å²) in [5.41, 5.74) is 0.291. The third kappa shape index (κ3) is 2.92. The van der Waals surface area contributed by atoms with Gasteiger partial charge in [-0.2, -0.15) is 5.26 Å². The number of hydrogen-bond acceptors (Lipinski definition) is 5. The number of aromatic amines is 1. The van der Waals surface area contributed by atoms with Gasteiger partial charge in [-0.05, 0) is 24.3 Å². The van der Waals surface area contributed by atoms with Gasteiger partial charge in [0.25, 0.3) is 11.5 Å². The monoisotopic (exact) mass is 309 g/mol. The van der Waals surface area contributed by atoms with Gasteiger partial charge in [0.1, 0.15) is 17.5 Å². The number of nitrogens with one attached hydrogen (secondary N) is 1. The minimum absolute atomic E-state index is 0.150. The molecule has 0 spiro atoms. The van der Waals surface area contributed by atoms with E-state index in [1.165, 1.54) is 12.3 Å². The zero-order valence-electron chi connectivity index (χ0n) is 12.4. The number of H-pyrrole nitrogens is 1. The lowest BCUT2D eigenvalue weighted by Gasteiger charge is -2.35. The van der Waals surface area contributed by atoms with Crippen LogP contribution in [0.2, 0.25) is 0 Å². The van der Waals surface area contributed by atoms with E-state index in [4.69, 9.17) is 5.26 Å². The van der Waals surface area contributed by atoms with E-state index >= 15 is 0 Å². The lowest BCUT2D eigenvalue weighted by Crippen LogP contribution is -2.50. The van der Waals surface area contributed by atoms with Crippen molar-refractivity contribution in [1.29, 1.82) is 5.26 Å². The third-order valence-electron chi connectivity index (χ3n) is 3.82. The van der Waals surface area contributed by atoms with Crippen LogP contribution in [0.5, 0.6) is 0 Å². The summed E-state index contributed by atoms with van der Waals surface area (Å²) >= 11 is 0. The second-order valence-corrected chi connectivity index (χ2v) is 5.18. The molecule has 0 unspecified atom stereocenters. The Hall–Kier alpha value is -3.14. The fourth-order valence-corrected chi connectivity index (χ4v) is 2.62. The first kappa shape index (κ1) is 14.8. The molecular weight excluding hydrogens is 294 g/mol. The van der Waals surface area contributed by atoms with E-state index in [1.807, 2.05) is 4.90 Å². The highest BCUT2D eigenvalue weighted by atomic mass is 16.2. The second-order valence-electron chi connectivity index (χ2n) is 5.18. The van der Waals surface area contributed by atoms with Gasteiger partial charge in [0, 0.05) is 38.6 Å². The molecule has 23 heavy (non-hydrogen) atoms. The van der Waals surface area contributed by atoms with Gasteiger partial charge in [-0.1, -0.05) is 0 Å². The summed E-state index contributed by atoms with van der Waals surface area (Å²) in [6, 6.07) is 8.75. The topological polar surface area (TPSA) is 93.1 Å². The molecule has 1 N–H and O–H groups in total. The quantitative estimate of drug-likeness (QED) is 0.877. The summed E-state index contributed by atoms with van der Waals surface area (Å²) < 4.78 is 0. The fourth-order valence-electron chi connectivity index (χ4n) is 2.62. The molecule has 0 radical (unpaired) electrons. The van der Waals surface area contributed by atoms with Crippen molar-refractivity contribution in [3.05, 3.63) is 58.1 Å². The summed E-state index contributed by atoms with van der Waals surface area (Å²) in [7, 11) is 0. The molecule has 1 aliphatic rings. The van der Waals surface area contributed by atoms with Gasteiger partial charge in [0.2, 0.25) is 0 Å². The summed E-state index contributed by atoms with van der Waals surface area (Å²) in [4.78, 5) is 34.5. The van der Waals surface area contributed by atoms with E-state index < -0.39 is 0 Å². The molecule has 116 valence electrons. The number of rotatable bonds is 2. The predicted molar refractivity (Wildman–Crippen MR) is 84.1 cm³/mol. The van der Waals surface area contributed by atoms with Gasteiger partial charge < -0.3 is 14.8 Å². The zero-order valence-corrected chi connectivity index (χ0v) is 12.4. The van der Waals surface area contributed by atoms with Crippen molar-refractivity contribution < 1.29 is 4.79 Å². The van der Waals surface area contributed by atoms with Gasteiger partial charge in [-0.15, -0.1) is 0 Å². The van der Waals surface area contributed by atoms with Crippen LogP contribution in [0, 0.1) is 11.3 Å². The summed E-state index contributed by atoms with van der Waals surface area (Å²) in [6.45, 7) is 2.10. The van der Waals surface area contributed by atoms with Crippen molar-refractivity contribution in [3.63, 3.8) is 0 Å². The van der Waals surface area contributed by atoms with Crippen LogP contribution in [0.4, 0.5) is 5.82 Å². The Morgan fingerprint density at radius 3 is 2.70 bits per heavy atom. The number of nitrogens with zero attached hydrogens (tertiary/aromatic N) is 4. The van der Waals surface area contributed by atoms with Crippen LogP contribution in [0.1, 0.15) is 15.9 Å². The molecule has 0 atom stereocenters. The Morgan fingerprint density at radius 1 is 1.22 bits per heavy atom. The number of pyridine rings is 2. The van der Waals surface area contributed by atoms with Crippen molar-refractivity contribution in [2.45, 2.75) is 0 Å². The Labute approximate surface area is 132 Å². The van der Waals surface area contributed by atoms with Crippen LogP contribution in [-0.2, 0) is 0 Å². The summed E-state index contributed by atoms with van der Waals surface area (Å²) in [6.07, 6.45) is 3.15. The number of anilines is 1. The van der Waals surface area contributed by atoms with Crippen molar-refractivity contribution in [2.75, 3.05) is 31.1 Å². The highest BCUT2D eigenvalue weighted by Crippen LogP contribution is 2.18. The maximum absolute atomic E-state index is 12.4. The number of carbonyl (C=O) groups is 1. The number of nitriles is 1. The van der Waals surface area contributed by atoms with Crippen LogP contribution in [0.15, 0.2) is 41.5 Å². The van der Waals surface area contributed by atoms with Crippen LogP contribution < -0.4 is 10.5 Å². The fraction of sp³-hybridized carbons (Fsp3) is 0.250. The molecule has 0 aliphatic carbocycles. The number of aromatic nitrogens is 2. The molecule has 1 aliphatic heterocycles. The normalized spacial score (nSPS) is 14.4. The van der Waals surface area contributed by atoms with Crippen molar-refractivity contribution in [2.24, 2.45) is 0 Å². The molecule has 3 heterocycles. The molecule has 1 fully saturated rings. The number of amides is 1. The second kappa shape index (κ2) is 6.32. The maximum atomic E-state index is 12.4. The molecule has 3 rings (SSSR count). The van der Waals surface area contributed by atoms with Crippen LogP contribution in [0.25, 0.3) is 0 Å². The van der Waals surface area contributed by atoms with Crippen molar-refractivity contribution in [3.8, 4) is 6.07 Å². The summed E-state index contributed by atoms with van der Waals surface area (Å²) in [5.74, 6) is 0.368. The molecule has 7 heteroatoms. The van der Waals surface area contributed by atoms with E-state index in [1.54, 1.807) is 29.3 Å². The first-order valence-electron chi connectivity index (χ1n) is 7.28. The van der Waals surface area contributed by atoms with Crippen LogP contribution in [-0.4, -0.2) is 47.0 Å². The number of carbonyl (C=O) groups excluding carboxylic acids is 1. The standard InChI is InChI=1S/C16H15N5O2/c17-11-12-3-1-5-18-14(12)20-7-9-21(10-8-20)16(23)13-4-2-6-19-15(13)22/h1-6H,7-10H2,(H,19,22). The van der Waals surface area contributed by atoms with Crippen LogP contribution >= 0.6 is 0 Å². The van der Waals surface area contributed by atoms with Gasteiger partial charge in [-0.3, -0.25) is 9.59 Å². The number of hydrogen-bond donors (Lipinski definition) is 1. The van der Waals surface area contributed by atoms with Crippen LogP contribution in [0.3, 0.4) is 0 Å². The molecule has 1 saturated heterocycles. The van der Waals surface area contributed by atoms with Gasteiger partial charge in [0.05, 0.1) is 5.56 Å². The Balaban J connectivity index is 1.72. The molecule has 2 aromatic heterocycles. The minimum atomic E-state index is -0.378. The highest BCUT2D eigenvalue weighted by molar-refractivity contribution is 5.94. The smallest absolute Gasteiger partial charge is 0.260 e. The average Bonchev–Trinajstić information content (AvgIpc) is 2.61. The SMILES string of the molecule is N#Cc1cccnc1N1CCN(C(=O)c2ccc[nH]c2=O)CC1. The molecule has 7 nitrogen and oxygen atoms in total. The average molecular weight is 309 g/mol. The van der Waals surface area contributed by atoms with E-state index in [2.05, 4.69) is 16.0 Å². The van der Waals surface area contributed by atoms with E-state index in [0.29, 0.717) is 37.6 Å². The summed E-state index contributed by atoms with van der Waals surface area (Å²) in [5, 5.41) is 9.15. The van der Waals surface area contributed by atoms with Gasteiger partial charge in [0.15, 0.2) is 0 Å². The van der Waals surface area contributed by atoms with Gasteiger partial charge in [-0.25, -0.2) is 4.98 Å². The number of piperazine rings is 1. The minimum Gasteiger partial charge on any atom is -0.352 e. The van der Waals surface area contributed by atoms with E-state index in [9.17, 15) is 9.59 Å². The molecule has 0 aromatic carbocycles. The van der Waals surface area contributed by atoms with Gasteiger partial charge >= 0.3 is 0 Å². The van der Waals surface area contributed by atoms with Crippen molar-refractivity contribution in [1.82, 2.24) is 14.9 Å². The molecule has 0 bridgehead atoms. The lowest BCUT2D eigenvalue weighted by molar-refractivity contribution is 0.0744. The molecular formula is C16H15N5O2. The maximum Gasteiger partial charge on any atom is 0.260 e. The largest absolute Gasteiger partial charge is 0.352 e. The van der Waals surface area contributed by atoms with E-state index in [0.717, 1.165) is 0 Å². The Morgan fingerprint density at radius 2 is 2.00 bits per heavy atom. The zero-order chi connectivity index (χ0) is 16.2. The molecule has 1 amide bonds. The Kier molecular flexibility index (Phi) is 4.06. The lowest BCUT2D eigenvalue weighted by atomic mass is 10.2. The first-order valence-corrected chi connectivity index (χ1v) is 7.28. The third-order valence-corrected chi connectivity index (χ3v) is 3.82. The first-order chi connectivity index (χ1) is 11.2.